The molecule has 1 aromatic carbocycles. The van der Waals surface area contributed by atoms with Crippen LogP contribution in [-0.4, -0.2) is 15.7 Å². The molecule has 0 bridgehead atoms. The van der Waals surface area contributed by atoms with Gasteiger partial charge in [-0.1, -0.05) is 0 Å². The van der Waals surface area contributed by atoms with Gasteiger partial charge in [0.15, 0.2) is 0 Å². The van der Waals surface area contributed by atoms with E-state index < -0.39 is 11.7 Å². The normalized spacial score (nSPS) is 10.4. The van der Waals surface area contributed by atoms with Crippen molar-refractivity contribution in [2.45, 2.75) is 6.92 Å². The van der Waals surface area contributed by atoms with Crippen molar-refractivity contribution in [3.63, 3.8) is 0 Å². The second-order valence-electron chi connectivity index (χ2n) is 3.99. The number of benzene rings is 1. The van der Waals surface area contributed by atoms with Crippen LogP contribution in [0, 0.1) is 12.7 Å². The fourth-order valence-corrected chi connectivity index (χ4v) is 1.59. The largest absolute Gasteiger partial charge is 0.396 e. The van der Waals surface area contributed by atoms with Gasteiger partial charge in [-0.3, -0.25) is 9.48 Å². The minimum absolute atomic E-state index is 0.0177. The Hall–Kier alpha value is -2.37. The van der Waals surface area contributed by atoms with Gasteiger partial charge in [-0.15, -0.1) is 0 Å². The van der Waals surface area contributed by atoms with Gasteiger partial charge in [-0.25, -0.2) is 4.39 Å². The predicted molar refractivity (Wildman–Crippen MR) is 66.7 cm³/mol. The molecule has 3 N–H and O–H groups in total. The van der Waals surface area contributed by atoms with Gasteiger partial charge in [0.25, 0.3) is 5.91 Å². The van der Waals surface area contributed by atoms with Crippen molar-refractivity contribution in [3.8, 4) is 0 Å². The smallest absolute Gasteiger partial charge is 0.255 e. The van der Waals surface area contributed by atoms with Gasteiger partial charge in [0.2, 0.25) is 0 Å². The van der Waals surface area contributed by atoms with Gasteiger partial charge in [0.1, 0.15) is 5.82 Å². The van der Waals surface area contributed by atoms with Gasteiger partial charge in [-0.05, 0) is 25.1 Å². The molecule has 0 fully saturated rings. The number of halogens is 1. The van der Waals surface area contributed by atoms with Crippen LogP contribution in [-0.2, 0) is 7.05 Å². The van der Waals surface area contributed by atoms with Crippen LogP contribution in [0.15, 0.2) is 24.4 Å². The van der Waals surface area contributed by atoms with Gasteiger partial charge < -0.3 is 11.1 Å². The molecule has 0 spiro atoms. The number of aromatic nitrogens is 2. The van der Waals surface area contributed by atoms with Gasteiger partial charge in [0.05, 0.1) is 17.1 Å². The Morgan fingerprint density at radius 2 is 2.22 bits per heavy atom. The number of nitrogens with two attached hydrogens (primary N) is 1. The molecule has 18 heavy (non-hydrogen) atoms. The second kappa shape index (κ2) is 4.48. The summed E-state index contributed by atoms with van der Waals surface area (Å²) < 4.78 is 14.8. The lowest BCUT2D eigenvalue weighted by molar-refractivity contribution is 0.102. The lowest BCUT2D eigenvalue weighted by Crippen LogP contribution is -2.12. The highest BCUT2D eigenvalue weighted by Gasteiger charge is 2.11. The van der Waals surface area contributed by atoms with Crippen LogP contribution in [0.5, 0.6) is 0 Å². The molecule has 0 aliphatic carbocycles. The van der Waals surface area contributed by atoms with Crippen molar-refractivity contribution in [1.29, 1.82) is 0 Å². The molecular weight excluding hydrogens is 235 g/mol. The number of rotatable bonds is 2. The standard InChI is InChI=1S/C12H13FN4O/c1-7-11(6-17(2)16-7)15-12(18)8-3-4-10(14)9(13)5-8/h3-6H,14H2,1-2H3,(H,15,18). The van der Waals surface area contributed by atoms with E-state index in [-0.39, 0.29) is 11.3 Å². The predicted octanol–water partition coefficient (Wildman–Crippen LogP) is 1.70. The first kappa shape index (κ1) is 12.1. The number of hydrogen-bond acceptors (Lipinski definition) is 3. The first-order valence-electron chi connectivity index (χ1n) is 5.34. The number of anilines is 2. The Balaban J connectivity index is 2.22. The third-order valence-electron chi connectivity index (χ3n) is 2.52. The van der Waals surface area contributed by atoms with Crippen molar-refractivity contribution in [3.05, 3.63) is 41.5 Å². The number of carbonyl (C=O) groups excluding carboxylic acids is 1. The molecule has 0 aliphatic rings. The minimum Gasteiger partial charge on any atom is -0.396 e. The third-order valence-corrected chi connectivity index (χ3v) is 2.52. The molecule has 0 saturated heterocycles. The number of nitrogens with zero attached hydrogens (tertiary/aromatic N) is 2. The van der Waals surface area contributed by atoms with Crippen molar-refractivity contribution >= 4 is 17.3 Å². The summed E-state index contributed by atoms with van der Waals surface area (Å²) in [5.74, 6) is -1.00. The molecule has 0 radical (unpaired) electrons. The van der Waals surface area contributed by atoms with Gasteiger partial charge >= 0.3 is 0 Å². The fourth-order valence-electron chi connectivity index (χ4n) is 1.59. The van der Waals surface area contributed by atoms with Gasteiger partial charge in [0, 0.05) is 18.8 Å². The maximum absolute atomic E-state index is 13.2. The maximum atomic E-state index is 13.2. The molecular formula is C12H13FN4O. The Bertz CT molecular complexity index is 606. The second-order valence-corrected chi connectivity index (χ2v) is 3.99. The van der Waals surface area contributed by atoms with E-state index in [4.69, 9.17) is 5.73 Å². The molecule has 6 heteroatoms. The molecule has 0 unspecified atom stereocenters. The lowest BCUT2D eigenvalue weighted by Gasteiger charge is -2.04. The number of aryl methyl sites for hydroxylation is 2. The van der Waals surface area contributed by atoms with Crippen LogP contribution >= 0.6 is 0 Å². The maximum Gasteiger partial charge on any atom is 0.255 e. The zero-order valence-electron chi connectivity index (χ0n) is 10.1. The molecule has 2 rings (SSSR count). The molecule has 1 amide bonds. The summed E-state index contributed by atoms with van der Waals surface area (Å²) in [6.45, 7) is 1.78. The molecule has 1 heterocycles. The monoisotopic (exact) mass is 248 g/mol. The zero-order chi connectivity index (χ0) is 13.3. The Morgan fingerprint density at radius 1 is 1.50 bits per heavy atom. The van der Waals surface area contributed by atoms with E-state index in [1.54, 1.807) is 24.9 Å². The quantitative estimate of drug-likeness (QED) is 0.794. The summed E-state index contributed by atoms with van der Waals surface area (Å²) in [6.07, 6.45) is 1.68. The summed E-state index contributed by atoms with van der Waals surface area (Å²) in [6, 6.07) is 3.94. The molecule has 5 nitrogen and oxygen atoms in total. The summed E-state index contributed by atoms with van der Waals surface area (Å²) in [4.78, 5) is 11.9. The molecule has 0 atom stereocenters. The average molecular weight is 248 g/mol. The molecule has 0 aliphatic heterocycles. The molecule has 2 aromatic rings. The minimum atomic E-state index is -0.606. The van der Waals surface area contributed by atoms with E-state index in [0.717, 1.165) is 6.07 Å². The summed E-state index contributed by atoms with van der Waals surface area (Å²) >= 11 is 0. The first-order valence-corrected chi connectivity index (χ1v) is 5.34. The van der Waals surface area contributed by atoms with E-state index >= 15 is 0 Å². The van der Waals surface area contributed by atoms with E-state index in [1.165, 1.54) is 12.1 Å². The van der Waals surface area contributed by atoms with Crippen LogP contribution in [0.1, 0.15) is 16.1 Å². The number of nitrogen functional groups attached to an aromatic ring is 1. The zero-order valence-corrected chi connectivity index (χ0v) is 10.1. The van der Waals surface area contributed by atoms with Crippen molar-refractivity contribution < 1.29 is 9.18 Å². The van der Waals surface area contributed by atoms with E-state index in [0.29, 0.717) is 11.4 Å². The highest BCUT2D eigenvalue weighted by molar-refractivity contribution is 6.04. The van der Waals surface area contributed by atoms with Gasteiger partial charge in [-0.2, -0.15) is 5.10 Å². The van der Waals surface area contributed by atoms with Crippen LogP contribution in [0.4, 0.5) is 15.8 Å². The van der Waals surface area contributed by atoms with Crippen molar-refractivity contribution in [2.75, 3.05) is 11.1 Å². The van der Waals surface area contributed by atoms with Crippen LogP contribution in [0.3, 0.4) is 0 Å². The molecule has 0 saturated carbocycles. The van der Waals surface area contributed by atoms with E-state index in [2.05, 4.69) is 10.4 Å². The Labute approximate surface area is 103 Å². The SMILES string of the molecule is Cc1nn(C)cc1NC(=O)c1ccc(N)c(F)c1. The number of carbonyl (C=O) groups is 1. The number of nitrogens with one attached hydrogen (secondary N) is 1. The van der Waals surface area contributed by atoms with E-state index in [1.807, 2.05) is 0 Å². The Morgan fingerprint density at radius 3 is 2.78 bits per heavy atom. The fraction of sp³-hybridized carbons (Fsp3) is 0.167. The summed E-state index contributed by atoms with van der Waals surface area (Å²) in [5.41, 5.74) is 6.87. The Kier molecular flexibility index (Phi) is 3.01. The van der Waals surface area contributed by atoms with Crippen LogP contribution in [0.2, 0.25) is 0 Å². The van der Waals surface area contributed by atoms with Crippen molar-refractivity contribution in [1.82, 2.24) is 9.78 Å². The average Bonchev–Trinajstić information content (AvgIpc) is 2.61. The summed E-state index contributed by atoms with van der Waals surface area (Å²) in [5, 5.41) is 6.76. The van der Waals surface area contributed by atoms with Crippen molar-refractivity contribution in [2.24, 2.45) is 7.05 Å². The van der Waals surface area contributed by atoms with Crippen LogP contribution < -0.4 is 11.1 Å². The molecule has 1 aromatic heterocycles. The highest BCUT2D eigenvalue weighted by atomic mass is 19.1. The number of amides is 1. The highest BCUT2D eigenvalue weighted by Crippen LogP contribution is 2.16. The third kappa shape index (κ3) is 2.32. The van der Waals surface area contributed by atoms with E-state index in [9.17, 15) is 9.18 Å². The lowest BCUT2D eigenvalue weighted by atomic mass is 10.2. The first-order chi connectivity index (χ1) is 8.47. The summed E-state index contributed by atoms with van der Waals surface area (Å²) in [7, 11) is 1.76. The topological polar surface area (TPSA) is 72.9 Å². The number of hydrogen-bond donors (Lipinski definition) is 2. The van der Waals surface area contributed by atoms with Crippen LogP contribution in [0.25, 0.3) is 0 Å². The molecule has 94 valence electrons.